The van der Waals surface area contributed by atoms with Gasteiger partial charge in [-0.1, -0.05) is 0 Å². The Morgan fingerprint density at radius 3 is 2.52 bits per heavy atom. The van der Waals surface area contributed by atoms with Gasteiger partial charge < -0.3 is 19.9 Å². The highest BCUT2D eigenvalue weighted by molar-refractivity contribution is 7.98. The highest BCUT2D eigenvalue weighted by Gasteiger charge is 2.20. The lowest BCUT2D eigenvalue weighted by molar-refractivity contribution is 0.0845. The van der Waals surface area contributed by atoms with E-state index in [0.717, 1.165) is 17.3 Å². The summed E-state index contributed by atoms with van der Waals surface area (Å²) in [6.07, 6.45) is 4.06. The molecule has 1 aromatic carbocycles. The van der Waals surface area contributed by atoms with Crippen LogP contribution < -0.4 is 14.8 Å². The van der Waals surface area contributed by atoms with E-state index < -0.39 is 5.60 Å². The van der Waals surface area contributed by atoms with Gasteiger partial charge >= 0.3 is 0 Å². The third-order valence-corrected chi connectivity index (χ3v) is 4.95. The summed E-state index contributed by atoms with van der Waals surface area (Å²) in [4.78, 5) is 1.18. The molecule has 0 amide bonds. The molecule has 0 aromatic heterocycles. The molecule has 0 spiro atoms. The predicted octanol–water partition coefficient (Wildman–Crippen LogP) is 2.38. The van der Waals surface area contributed by atoms with Crippen molar-refractivity contribution in [1.82, 2.24) is 5.32 Å². The van der Waals surface area contributed by atoms with Gasteiger partial charge in [-0.2, -0.15) is 11.8 Å². The molecule has 1 unspecified atom stereocenters. The summed E-state index contributed by atoms with van der Waals surface area (Å²) in [6, 6.07) is 4.08. The average Bonchev–Trinajstić information content (AvgIpc) is 2.46. The fourth-order valence-electron chi connectivity index (χ4n) is 2.27. The summed E-state index contributed by atoms with van der Waals surface area (Å²) in [7, 11) is 0. The Balaban J connectivity index is 2.02. The number of hydrogen-bond acceptors (Lipinski definition) is 6. The van der Waals surface area contributed by atoms with E-state index in [0.29, 0.717) is 26.3 Å². The smallest absolute Gasteiger partial charge is 0.162 e. The minimum Gasteiger partial charge on any atom is -0.486 e. The number of nitrogens with one attached hydrogen (secondary N) is 1. The monoisotopic (exact) mass is 329 g/mol. The molecule has 0 radical (unpaired) electrons. The van der Waals surface area contributed by atoms with Crippen LogP contribution in [0.1, 0.15) is 12.5 Å². The molecule has 1 aliphatic heterocycles. The second-order valence-electron chi connectivity index (χ2n) is 5.34. The number of ether oxygens (including phenoxy) is 2. The quantitative estimate of drug-likeness (QED) is 0.749. The maximum Gasteiger partial charge on any atom is 0.162 e. The molecular formula is C15H23NO3S2. The van der Waals surface area contributed by atoms with Gasteiger partial charge in [0, 0.05) is 23.7 Å². The Morgan fingerprint density at radius 1 is 1.24 bits per heavy atom. The fraction of sp³-hybridized carbons (Fsp3) is 0.600. The summed E-state index contributed by atoms with van der Waals surface area (Å²) in [5, 5.41) is 13.5. The van der Waals surface area contributed by atoms with E-state index in [1.807, 2.05) is 25.3 Å². The summed E-state index contributed by atoms with van der Waals surface area (Å²) < 4.78 is 11.2. The first kappa shape index (κ1) is 16.8. The second-order valence-corrected chi connectivity index (χ2v) is 7.06. The molecule has 4 nitrogen and oxygen atoms in total. The van der Waals surface area contributed by atoms with Crippen LogP contribution in [0, 0.1) is 0 Å². The lowest BCUT2D eigenvalue weighted by Gasteiger charge is -2.24. The van der Waals surface area contributed by atoms with Crippen molar-refractivity contribution >= 4 is 23.5 Å². The van der Waals surface area contributed by atoms with Crippen LogP contribution in [0.15, 0.2) is 17.0 Å². The largest absolute Gasteiger partial charge is 0.486 e. The zero-order valence-corrected chi connectivity index (χ0v) is 14.4. The molecule has 1 aliphatic rings. The van der Waals surface area contributed by atoms with Crippen molar-refractivity contribution in [3.8, 4) is 11.5 Å². The van der Waals surface area contributed by atoms with Crippen molar-refractivity contribution in [2.24, 2.45) is 0 Å². The molecular weight excluding hydrogens is 306 g/mol. The first-order valence-corrected chi connectivity index (χ1v) is 9.56. The van der Waals surface area contributed by atoms with Crippen LogP contribution in [0.2, 0.25) is 0 Å². The van der Waals surface area contributed by atoms with E-state index in [9.17, 15) is 5.11 Å². The van der Waals surface area contributed by atoms with E-state index in [1.54, 1.807) is 23.5 Å². The molecule has 6 heteroatoms. The van der Waals surface area contributed by atoms with Crippen LogP contribution in [-0.4, -0.2) is 48.7 Å². The van der Waals surface area contributed by atoms with Gasteiger partial charge in [-0.05, 0) is 37.1 Å². The average molecular weight is 329 g/mol. The Labute approximate surface area is 135 Å². The van der Waals surface area contributed by atoms with E-state index in [-0.39, 0.29) is 0 Å². The van der Waals surface area contributed by atoms with E-state index >= 15 is 0 Å². The van der Waals surface area contributed by atoms with Crippen LogP contribution in [0.3, 0.4) is 0 Å². The molecule has 118 valence electrons. The maximum atomic E-state index is 10.2. The molecule has 2 N–H and O–H groups in total. The van der Waals surface area contributed by atoms with Crippen molar-refractivity contribution in [1.29, 1.82) is 0 Å². The van der Waals surface area contributed by atoms with E-state index in [4.69, 9.17) is 9.47 Å². The molecule has 0 fully saturated rings. The van der Waals surface area contributed by atoms with Crippen molar-refractivity contribution < 1.29 is 14.6 Å². The van der Waals surface area contributed by atoms with Crippen LogP contribution in [0.25, 0.3) is 0 Å². The summed E-state index contributed by atoms with van der Waals surface area (Å²) >= 11 is 3.34. The lowest BCUT2D eigenvalue weighted by Crippen LogP contribution is -2.39. The van der Waals surface area contributed by atoms with Gasteiger partial charge in [0.05, 0.1) is 5.60 Å². The fourth-order valence-corrected chi connectivity index (χ4v) is 3.61. The molecule has 2 rings (SSSR count). The molecule has 1 heterocycles. The first-order valence-electron chi connectivity index (χ1n) is 6.94. The van der Waals surface area contributed by atoms with Crippen molar-refractivity contribution in [2.75, 3.05) is 38.0 Å². The van der Waals surface area contributed by atoms with Crippen molar-refractivity contribution in [3.05, 3.63) is 17.7 Å². The Morgan fingerprint density at radius 2 is 1.90 bits per heavy atom. The third-order valence-electron chi connectivity index (χ3n) is 3.22. The summed E-state index contributed by atoms with van der Waals surface area (Å²) in [5.74, 6) is 2.35. The zero-order valence-electron chi connectivity index (χ0n) is 12.8. The number of thioether (sulfide) groups is 2. The van der Waals surface area contributed by atoms with Crippen LogP contribution in [-0.2, 0) is 6.54 Å². The topological polar surface area (TPSA) is 50.7 Å². The molecule has 1 atom stereocenters. The van der Waals surface area contributed by atoms with Crippen molar-refractivity contribution in [3.63, 3.8) is 0 Å². The van der Waals surface area contributed by atoms with Crippen LogP contribution in [0.4, 0.5) is 0 Å². The van der Waals surface area contributed by atoms with Crippen molar-refractivity contribution in [2.45, 2.75) is 24.0 Å². The molecule has 0 saturated carbocycles. The second kappa shape index (κ2) is 7.63. The highest BCUT2D eigenvalue weighted by Crippen LogP contribution is 2.36. The van der Waals surface area contributed by atoms with Gasteiger partial charge in [-0.3, -0.25) is 0 Å². The SMILES string of the molecule is CSCC(C)(O)CNCc1cc2c(cc1SC)OCCO2. The van der Waals surface area contributed by atoms with Crippen LogP contribution in [0.5, 0.6) is 11.5 Å². The third kappa shape index (κ3) is 4.71. The van der Waals surface area contributed by atoms with Crippen LogP contribution >= 0.6 is 23.5 Å². The van der Waals surface area contributed by atoms with E-state index in [2.05, 4.69) is 11.6 Å². The normalized spacial score (nSPS) is 16.6. The number of benzene rings is 1. The number of rotatable bonds is 7. The number of hydrogen-bond donors (Lipinski definition) is 2. The predicted molar refractivity (Wildman–Crippen MR) is 89.9 cm³/mol. The zero-order chi connectivity index (χ0) is 15.3. The minimum absolute atomic E-state index is 0.566. The van der Waals surface area contributed by atoms with Gasteiger partial charge in [-0.25, -0.2) is 0 Å². The standard InChI is InChI=1S/C15H23NO3S2/c1-15(17,10-20-2)9-16-8-11-6-12-13(7-14(11)21-3)19-5-4-18-12/h6-7,16-17H,4-5,8-10H2,1-3H3. The molecule has 1 aromatic rings. The number of fused-ring (bicyclic) bond motifs is 1. The molecule has 0 bridgehead atoms. The first-order chi connectivity index (χ1) is 10.1. The molecule has 21 heavy (non-hydrogen) atoms. The maximum absolute atomic E-state index is 10.2. The number of aliphatic hydroxyl groups is 1. The Kier molecular flexibility index (Phi) is 6.10. The lowest BCUT2D eigenvalue weighted by atomic mass is 10.1. The Bertz CT molecular complexity index is 480. The van der Waals surface area contributed by atoms with Gasteiger partial charge in [0.15, 0.2) is 11.5 Å². The van der Waals surface area contributed by atoms with Gasteiger partial charge in [-0.15, -0.1) is 11.8 Å². The summed E-state index contributed by atoms with van der Waals surface area (Å²) in [5.41, 5.74) is 0.485. The molecule has 0 saturated heterocycles. The molecule has 0 aliphatic carbocycles. The highest BCUT2D eigenvalue weighted by atomic mass is 32.2. The van der Waals surface area contributed by atoms with E-state index in [1.165, 1.54) is 10.5 Å². The van der Waals surface area contributed by atoms with Gasteiger partial charge in [0.1, 0.15) is 13.2 Å². The summed E-state index contributed by atoms with van der Waals surface area (Å²) in [6.45, 7) is 4.33. The van der Waals surface area contributed by atoms with Gasteiger partial charge in [0.2, 0.25) is 0 Å². The Hall–Kier alpha value is -0.560. The van der Waals surface area contributed by atoms with Gasteiger partial charge in [0.25, 0.3) is 0 Å². The minimum atomic E-state index is -0.688.